The van der Waals surface area contributed by atoms with Crippen molar-refractivity contribution < 1.29 is 23.8 Å². The molecule has 0 bridgehead atoms. The molecule has 2 aromatic carbocycles. The normalized spacial score (nSPS) is 14.6. The first-order valence-corrected chi connectivity index (χ1v) is 9.51. The first kappa shape index (κ1) is 20.1. The van der Waals surface area contributed by atoms with E-state index in [1.165, 1.54) is 0 Å². The van der Waals surface area contributed by atoms with Crippen LogP contribution in [0.2, 0.25) is 0 Å². The second-order valence-electron chi connectivity index (χ2n) is 6.98. The van der Waals surface area contributed by atoms with E-state index in [2.05, 4.69) is 0 Å². The molecule has 0 aromatic heterocycles. The van der Waals surface area contributed by atoms with E-state index >= 15 is 0 Å². The molecule has 3 rings (SSSR count). The van der Waals surface area contributed by atoms with Gasteiger partial charge in [0.05, 0.1) is 13.2 Å². The summed E-state index contributed by atoms with van der Waals surface area (Å²) in [6.45, 7) is 3.42. The summed E-state index contributed by atoms with van der Waals surface area (Å²) in [5.74, 6) is -0.276. The van der Waals surface area contributed by atoms with Crippen LogP contribution in [0.3, 0.4) is 0 Å². The molecule has 1 N–H and O–H groups in total. The molecule has 1 aliphatic heterocycles. The van der Waals surface area contributed by atoms with Crippen LogP contribution in [-0.4, -0.2) is 30.9 Å². The van der Waals surface area contributed by atoms with Crippen LogP contribution >= 0.6 is 0 Å². The summed E-state index contributed by atoms with van der Waals surface area (Å²) in [6, 6.07) is 12.8. The summed E-state index contributed by atoms with van der Waals surface area (Å²) in [5.41, 5.74) is 4.70. The number of rotatable bonds is 7. The molecule has 0 aliphatic carbocycles. The molecular formula is C23H25FO4. The van der Waals surface area contributed by atoms with Gasteiger partial charge in [0.25, 0.3) is 0 Å². The Balaban J connectivity index is 1.72. The molecule has 0 radical (unpaired) electrons. The van der Waals surface area contributed by atoms with Gasteiger partial charge in [-0.25, -0.2) is 4.39 Å². The number of hydrogen-bond donors (Lipinski definition) is 1. The number of benzene rings is 2. The van der Waals surface area contributed by atoms with Crippen LogP contribution in [0.1, 0.15) is 36.0 Å². The maximum Gasteiger partial charge on any atom is 0.303 e. The van der Waals surface area contributed by atoms with E-state index < -0.39 is 5.97 Å². The van der Waals surface area contributed by atoms with Crippen molar-refractivity contribution in [3.63, 3.8) is 0 Å². The summed E-state index contributed by atoms with van der Waals surface area (Å²) in [6.07, 6.45) is 2.10. The van der Waals surface area contributed by atoms with Crippen LogP contribution in [0.15, 0.2) is 48.0 Å². The Bertz CT molecular complexity index is 855. The maximum atomic E-state index is 14.0. The van der Waals surface area contributed by atoms with Crippen LogP contribution in [0.25, 0.3) is 5.57 Å². The molecule has 148 valence electrons. The van der Waals surface area contributed by atoms with E-state index in [-0.39, 0.29) is 12.2 Å². The topological polar surface area (TPSA) is 55.8 Å². The molecule has 1 aliphatic rings. The number of halogens is 1. The fourth-order valence-electron chi connectivity index (χ4n) is 3.26. The van der Waals surface area contributed by atoms with Gasteiger partial charge in [-0.3, -0.25) is 4.79 Å². The van der Waals surface area contributed by atoms with E-state index in [0.717, 1.165) is 40.9 Å². The minimum Gasteiger partial charge on any atom is -0.489 e. The third-order valence-corrected chi connectivity index (χ3v) is 4.96. The summed E-state index contributed by atoms with van der Waals surface area (Å²) in [7, 11) is 0. The molecule has 0 saturated carbocycles. The number of aryl methyl sites for hydroxylation is 2. The van der Waals surface area contributed by atoms with Crippen LogP contribution in [0.5, 0.6) is 5.75 Å². The van der Waals surface area contributed by atoms with E-state index in [4.69, 9.17) is 14.6 Å². The smallest absolute Gasteiger partial charge is 0.303 e. The zero-order valence-electron chi connectivity index (χ0n) is 16.0. The third-order valence-electron chi connectivity index (χ3n) is 4.96. The Morgan fingerprint density at radius 1 is 1.14 bits per heavy atom. The van der Waals surface area contributed by atoms with Gasteiger partial charge < -0.3 is 14.6 Å². The number of carbonyl (C=O) groups is 1. The molecule has 5 heteroatoms. The SMILES string of the molecule is Cc1ccc(C2=C(COc3ccc(CCC(=O)O)cc3)CCOCC2)cc1F. The fourth-order valence-corrected chi connectivity index (χ4v) is 3.26. The van der Waals surface area contributed by atoms with Crippen molar-refractivity contribution in [1.82, 2.24) is 0 Å². The van der Waals surface area contributed by atoms with Crippen LogP contribution in [0.4, 0.5) is 4.39 Å². The predicted molar refractivity (Wildman–Crippen MR) is 106 cm³/mol. The number of hydrogen-bond acceptors (Lipinski definition) is 3. The molecule has 28 heavy (non-hydrogen) atoms. The molecule has 0 saturated heterocycles. The number of carboxylic acid groups (broad SMARTS) is 1. The highest BCUT2D eigenvalue weighted by Crippen LogP contribution is 2.29. The van der Waals surface area contributed by atoms with Gasteiger partial charge in [0.1, 0.15) is 18.2 Å². The van der Waals surface area contributed by atoms with Gasteiger partial charge in [-0.1, -0.05) is 24.3 Å². The van der Waals surface area contributed by atoms with E-state index in [9.17, 15) is 9.18 Å². The summed E-state index contributed by atoms with van der Waals surface area (Å²) >= 11 is 0. The van der Waals surface area contributed by atoms with Gasteiger partial charge in [0.2, 0.25) is 0 Å². The van der Waals surface area contributed by atoms with Crippen molar-refractivity contribution in [2.75, 3.05) is 19.8 Å². The highest BCUT2D eigenvalue weighted by molar-refractivity contribution is 5.69. The van der Waals surface area contributed by atoms with Gasteiger partial charge in [-0.2, -0.15) is 0 Å². The highest BCUT2D eigenvalue weighted by Gasteiger charge is 2.15. The van der Waals surface area contributed by atoms with Crippen LogP contribution < -0.4 is 4.74 Å². The second-order valence-corrected chi connectivity index (χ2v) is 6.98. The highest BCUT2D eigenvalue weighted by atomic mass is 19.1. The van der Waals surface area contributed by atoms with E-state index in [1.807, 2.05) is 30.3 Å². The Morgan fingerprint density at radius 3 is 2.61 bits per heavy atom. The molecular weight excluding hydrogens is 359 g/mol. The molecule has 1 heterocycles. The fraction of sp³-hybridized carbons (Fsp3) is 0.348. The Morgan fingerprint density at radius 2 is 1.89 bits per heavy atom. The number of carboxylic acids is 1. The third kappa shape index (κ3) is 5.42. The molecule has 4 nitrogen and oxygen atoms in total. The van der Waals surface area contributed by atoms with Gasteiger partial charge in [0.15, 0.2) is 0 Å². The molecule has 0 atom stereocenters. The van der Waals surface area contributed by atoms with Crippen molar-refractivity contribution in [3.05, 3.63) is 70.5 Å². The van der Waals surface area contributed by atoms with Crippen molar-refractivity contribution in [2.45, 2.75) is 32.6 Å². The van der Waals surface area contributed by atoms with Crippen LogP contribution in [-0.2, 0) is 16.0 Å². The lowest BCUT2D eigenvalue weighted by Gasteiger charge is -2.15. The zero-order chi connectivity index (χ0) is 19.9. The van der Waals surface area contributed by atoms with Crippen LogP contribution in [0, 0.1) is 12.7 Å². The van der Waals surface area contributed by atoms with Gasteiger partial charge in [-0.15, -0.1) is 0 Å². The first-order chi connectivity index (χ1) is 13.5. The molecule has 0 amide bonds. The molecule has 0 unspecified atom stereocenters. The summed E-state index contributed by atoms with van der Waals surface area (Å²) in [4.78, 5) is 10.7. The van der Waals surface area contributed by atoms with Crippen molar-refractivity contribution >= 4 is 11.5 Å². The Kier molecular flexibility index (Phi) is 6.82. The van der Waals surface area contributed by atoms with Crippen molar-refractivity contribution in [1.29, 1.82) is 0 Å². The summed E-state index contributed by atoms with van der Waals surface area (Å²) in [5, 5.41) is 8.77. The van der Waals surface area contributed by atoms with Gasteiger partial charge in [0, 0.05) is 6.42 Å². The second kappa shape index (κ2) is 9.51. The molecule has 0 fully saturated rings. The largest absolute Gasteiger partial charge is 0.489 e. The first-order valence-electron chi connectivity index (χ1n) is 9.51. The lowest BCUT2D eigenvalue weighted by Crippen LogP contribution is -2.05. The Labute approximate surface area is 164 Å². The average Bonchev–Trinajstić information content (AvgIpc) is 2.93. The lowest BCUT2D eigenvalue weighted by atomic mass is 9.95. The average molecular weight is 384 g/mol. The molecule has 2 aromatic rings. The van der Waals surface area contributed by atoms with Crippen molar-refractivity contribution in [3.8, 4) is 5.75 Å². The Hall–Kier alpha value is -2.66. The minimum absolute atomic E-state index is 0.115. The van der Waals surface area contributed by atoms with Gasteiger partial charge in [-0.05, 0) is 72.2 Å². The number of aliphatic carboxylic acids is 1. The zero-order valence-corrected chi connectivity index (χ0v) is 16.0. The predicted octanol–water partition coefficient (Wildman–Crippen LogP) is 4.79. The number of ether oxygens (including phenoxy) is 2. The van der Waals surface area contributed by atoms with Crippen molar-refractivity contribution in [2.24, 2.45) is 0 Å². The van der Waals surface area contributed by atoms with E-state index in [1.54, 1.807) is 19.1 Å². The lowest BCUT2D eigenvalue weighted by molar-refractivity contribution is -0.136. The monoisotopic (exact) mass is 384 g/mol. The van der Waals surface area contributed by atoms with Gasteiger partial charge >= 0.3 is 5.97 Å². The minimum atomic E-state index is -0.803. The summed E-state index contributed by atoms with van der Waals surface area (Å²) < 4.78 is 25.6. The maximum absolute atomic E-state index is 14.0. The quantitative estimate of drug-likeness (QED) is 0.745. The van der Waals surface area contributed by atoms with E-state index in [0.29, 0.717) is 31.8 Å². The molecule has 0 spiro atoms. The standard InChI is InChI=1S/C23H25FO4/c1-16-2-6-18(14-22(16)24)21-11-13-27-12-10-19(21)15-28-20-7-3-17(4-8-20)5-9-23(25)26/h2-4,6-8,14H,5,9-13,15H2,1H3,(H,25,26).